The third-order valence-corrected chi connectivity index (χ3v) is 2.32. The van der Waals surface area contributed by atoms with Gasteiger partial charge in [0.15, 0.2) is 5.06 Å². The van der Waals surface area contributed by atoms with Gasteiger partial charge in [0.25, 0.3) is 0 Å². The topological polar surface area (TPSA) is 56.8 Å². The SMILES string of the molecule is COc1ccc(C=C(C#N)C#N)s1. The molecule has 0 spiro atoms. The van der Waals surface area contributed by atoms with Crippen LogP contribution in [0.3, 0.4) is 0 Å². The zero-order chi connectivity index (χ0) is 9.68. The Morgan fingerprint density at radius 1 is 1.46 bits per heavy atom. The largest absolute Gasteiger partial charge is 0.487 e. The van der Waals surface area contributed by atoms with Gasteiger partial charge in [-0.2, -0.15) is 10.5 Å². The molecule has 1 aromatic rings. The highest BCUT2D eigenvalue weighted by molar-refractivity contribution is 7.14. The quantitative estimate of drug-likeness (QED) is 0.671. The van der Waals surface area contributed by atoms with Gasteiger partial charge in [0.2, 0.25) is 0 Å². The van der Waals surface area contributed by atoms with Gasteiger partial charge in [0.05, 0.1) is 7.11 Å². The molecule has 1 rings (SSSR count). The highest BCUT2D eigenvalue weighted by Gasteiger charge is 1.98. The smallest absolute Gasteiger partial charge is 0.173 e. The minimum absolute atomic E-state index is 0.101. The number of nitriles is 2. The number of hydrogen-bond donors (Lipinski definition) is 0. The average molecular weight is 190 g/mol. The van der Waals surface area contributed by atoms with Crippen molar-refractivity contribution in [2.45, 2.75) is 0 Å². The lowest BCUT2D eigenvalue weighted by atomic mass is 10.3. The number of methoxy groups -OCH3 is 1. The molecule has 0 atom stereocenters. The maximum absolute atomic E-state index is 8.48. The first kappa shape index (κ1) is 9.31. The lowest BCUT2D eigenvalue weighted by Gasteiger charge is -1.88. The molecule has 0 bridgehead atoms. The van der Waals surface area contributed by atoms with Crippen LogP contribution in [0.15, 0.2) is 17.7 Å². The number of ether oxygens (including phenoxy) is 1. The van der Waals surface area contributed by atoms with Crippen molar-refractivity contribution in [2.24, 2.45) is 0 Å². The van der Waals surface area contributed by atoms with E-state index in [1.165, 1.54) is 17.4 Å². The van der Waals surface area contributed by atoms with Crippen LogP contribution in [-0.4, -0.2) is 7.11 Å². The van der Waals surface area contributed by atoms with E-state index in [9.17, 15) is 0 Å². The van der Waals surface area contributed by atoms with Crippen LogP contribution in [0.2, 0.25) is 0 Å². The predicted octanol–water partition coefficient (Wildman–Crippen LogP) is 2.19. The Hall–Kier alpha value is -1.78. The highest BCUT2D eigenvalue weighted by Crippen LogP contribution is 2.25. The highest BCUT2D eigenvalue weighted by atomic mass is 32.1. The molecule has 64 valence electrons. The second kappa shape index (κ2) is 4.30. The van der Waals surface area contributed by atoms with Gasteiger partial charge in [-0.05, 0) is 18.2 Å². The van der Waals surface area contributed by atoms with Gasteiger partial charge in [0, 0.05) is 4.88 Å². The molecule has 4 heteroatoms. The Bertz CT molecular complexity index is 390. The normalized spacial score (nSPS) is 8.23. The summed E-state index contributed by atoms with van der Waals surface area (Å²) in [5.41, 5.74) is 0.101. The minimum atomic E-state index is 0.101. The first-order valence-corrected chi connectivity index (χ1v) is 4.27. The van der Waals surface area contributed by atoms with E-state index >= 15 is 0 Å². The van der Waals surface area contributed by atoms with Crippen molar-refractivity contribution >= 4 is 17.4 Å². The molecule has 0 radical (unpaired) electrons. The fourth-order valence-corrected chi connectivity index (χ4v) is 1.52. The fourth-order valence-electron chi connectivity index (χ4n) is 0.753. The number of nitrogens with zero attached hydrogens (tertiary/aromatic N) is 2. The van der Waals surface area contributed by atoms with E-state index in [0.717, 1.165) is 9.94 Å². The van der Waals surface area contributed by atoms with E-state index in [1.807, 2.05) is 0 Å². The summed E-state index contributed by atoms with van der Waals surface area (Å²) in [7, 11) is 1.58. The van der Waals surface area contributed by atoms with Crippen LogP contribution in [-0.2, 0) is 0 Å². The zero-order valence-corrected chi connectivity index (χ0v) is 7.76. The van der Waals surface area contributed by atoms with Gasteiger partial charge < -0.3 is 4.74 Å². The lowest BCUT2D eigenvalue weighted by Crippen LogP contribution is -1.73. The van der Waals surface area contributed by atoms with E-state index in [0.29, 0.717) is 0 Å². The van der Waals surface area contributed by atoms with Crippen LogP contribution in [0.1, 0.15) is 4.88 Å². The Balaban J connectivity index is 2.93. The molecule has 0 aliphatic rings. The molecule has 0 N–H and O–H groups in total. The van der Waals surface area contributed by atoms with Crippen LogP contribution in [0.25, 0.3) is 6.08 Å². The van der Waals surface area contributed by atoms with E-state index in [-0.39, 0.29) is 5.57 Å². The number of hydrogen-bond acceptors (Lipinski definition) is 4. The molecule has 13 heavy (non-hydrogen) atoms. The molecule has 0 unspecified atom stereocenters. The van der Waals surface area contributed by atoms with Crippen LogP contribution < -0.4 is 4.74 Å². The van der Waals surface area contributed by atoms with Crippen molar-refractivity contribution in [3.05, 3.63) is 22.6 Å². The van der Waals surface area contributed by atoms with E-state index in [1.54, 1.807) is 31.4 Å². The molecular formula is C9H6N2OS. The number of rotatable bonds is 2. The first-order chi connectivity index (χ1) is 6.30. The Morgan fingerprint density at radius 3 is 2.62 bits per heavy atom. The van der Waals surface area contributed by atoms with E-state index in [4.69, 9.17) is 15.3 Å². The summed E-state index contributed by atoms with van der Waals surface area (Å²) < 4.78 is 4.97. The number of allylic oxidation sites excluding steroid dienone is 1. The third-order valence-electron chi connectivity index (χ3n) is 1.33. The van der Waals surface area contributed by atoms with Crippen molar-refractivity contribution < 1.29 is 4.74 Å². The summed E-state index contributed by atoms with van der Waals surface area (Å²) in [4.78, 5) is 0.843. The van der Waals surface area contributed by atoms with Crippen LogP contribution >= 0.6 is 11.3 Å². The van der Waals surface area contributed by atoms with Gasteiger partial charge in [-0.3, -0.25) is 0 Å². The molecule has 0 saturated carbocycles. The van der Waals surface area contributed by atoms with Gasteiger partial charge in [-0.25, -0.2) is 0 Å². The van der Waals surface area contributed by atoms with Crippen molar-refractivity contribution in [3.63, 3.8) is 0 Å². The summed E-state index contributed by atoms with van der Waals surface area (Å²) in [5, 5.41) is 17.7. The maximum Gasteiger partial charge on any atom is 0.173 e. The molecule has 0 aliphatic heterocycles. The van der Waals surface area contributed by atoms with Gasteiger partial charge in [-0.15, -0.1) is 0 Å². The van der Waals surface area contributed by atoms with Crippen molar-refractivity contribution in [2.75, 3.05) is 7.11 Å². The van der Waals surface area contributed by atoms with Crippen LogP contribution in [0, 0.1) is 22.7 Å². The van der Waals surface area contributed by atoms with E-state index in [2.05, 4.69) is 0 Å². The minimum Gasteiger partial charge on any atom is -0.487 e. The maximum atomic E-state index is 8.48. The molecule has 3 nitrogen and oxygen atoms in total. The second-order valence-corrected chi connectivity index (χ2v) is 3.22. The fraction of sp³-hybridized carbons (Fsp3) is 0.111. The molecule has 0 amide bonds. The zero-order valence-electron chi connectivity index (χ0n) is 6.94. The molecule has 0 aromatic carbocycles. The van der Waals surface area contributed by atoms with Gasteiger partial charge in [0.1, 0.15) is 17.7 Å². The first-order valence-electron chi connectivity index (χ1n) is 3.46. The summed E-state index contributed by atoms with van der Waals surface area (Å²) in [6.45, 7) is 0. The number of thiophene rings is 1. The van der Waals surface area contributed by atoms with E-state index < -0.39 is 0 Å². The molecular weight excluding hydrogens is 184 g/mol. The average Bonchev–Trinajstić information content (AvgIpc) is 2.61. The Kier molecular flexibility index (Phi) is 3.08. The molecule has 0 fully saturated rings. The summed E-state index contributed by atoms with van der Waals surface area (Å²) >= 11 is 1.39. The second-order valence-electron chi connectivity index (χ2n) is 2.14. The summed E-state index contributed by atoms with van der Waals surface area (Å²) in [5.74, 6) is 0. The van der Waals surface area contributed by atoms with Crippen LogP contribution in [0.4, 0.5) is 0 Å². The molecule has 1 aromatic heterocycles. The Labute approximate surface area is 80.1 Å². The van der Waals surface area contributed by atoms with Crippen molar-refractivity contribution in [1.82, 2.24) is 0 Å². The summed E-state index contributed by atoms with van der Waals surface area (Å²) in [6, 6.07) is 7.18. The standard InChI is InChI=1S/C9H6N2OS/c1-12-9-3-2-8(13-9)4-7(5-10)6-11/h2-4H,1H3. The van der Waals surface area contributed by atoms with Crippen molar-refractivity contribution in [1.29, 1.82) is 10.5 Å². The summed E-state index contributed by atoms with van der Waals surface area (Å²) in [6.07, 6.45) is 1.53. The molecule has 0 saturated heterocycles. The van der Waals surface area contributed by atoms with Gasteiger partial charge in [-0.1, -0.05) is 11.3 Å². The molecule has 1 heterocycles. The van der Waals surface area contributed by atoms with Gasteiger partial charge >= 0.3 is 0 Å². The molecule has 0 aliphatic carbocycles. The van der Waals surface area contributed by atoms with Crippen LogP contribution in [0.5, 0.6) is 5.06 Å². The predicted molar refractivity (Wildman–Crippen MR) is 50.1 cm³/mol. The lowest BCUT2D eigenvalue weighted by molar-refractivity contribution is 0.427. The third kappa shape index (κ3) is 2.33. The monoisotopic (exact) mass is 190 g/mol. The van der Waals surface area contributed by atoms with Crippen molar-refractivity contribution in [3.8, 4) is 17.2 Å². The Morgan fingerprint density at radius 2 is 2.15 bits per heavy atom.